The Morgan fingerprint density at radius 1 is 1.20 bits per heavy atom. The Balaban J connectivity index is 2.27. The number of carboxylic acids is 1. The van der Waals surface area contributed by atoms with Crippen LogP contribution >= 0.6 is 0 Å². The molecule has 0 fully saturated rings. The van der Waals surface area contributed by atoms with Gasteiger partial charge in [0.15, 0.2) is 0 Å². The van der Waals surface area contributed by atoms with Crippen LogP contribution in [0.1, 0.15) is 5.56 Å². The molecule has 0 amide bonds. The minimum Gasteiger partial charge on any atom is -0.497 e. The van der Waals surface area contributed by atoms with Gasteiger partial charge in [0.05, 0.1) is 7.11 Å². The Labute approximate surface area is 117 Å². The van der Waals surface area contributed by atoms with Crippen LogP contribution in [0.5, 0.6) is 5.75 Å². The molecular formula is C16H17NO3. The number of hydrogen-bond donors (Lipinski definition) is 2. The number of carboxylic acid groups (broad SMARTS) is 1. The second kappa shape index (κ2) is 6.21. The van der Waals surface area contributed by atoms with E-state index in [-0.39, 0.29) is 0 Å². The van der Waals surface area contributed by atoms with E-state index in [0.29, 0.717) is 6.42 Å². The van der Waals surface area contributed by atoms with Crippen molar-refractivity contribution in [1.29, 1.82) is 0 Å². The number of nitrogens with two attached hydrogens (primary N) is 1. The lowest BCUT2D eigenvalue weighted by Gasteiger charge is -2.09. The molecule has 0 aromatic heterocycles. The summed E-state index contributed by atoms with van der Waals surface area (Å²) in [5.41, 5.74) is 8.50. The third-order valence-corrected chi connectivity index (χ3v) is 3.10. The number of carbonyl (C=O) groups is 1. The third-order valence-electron chi connectivity index (χ3n) is 3.10. The molecule has 1 atom stereocenters. The molecule has 0 bridgehead atoms. The molecule has 0 heterocycles. The lowest BCUT2D eigenvalue weighted by atomic mass is 9.99. The maximum atomic E-state index is 10.8. The molecule has 2 aromatic rings. The molecule has 3 N–H and O–H groups in total. The van der Waals surface area contributed by atoms with Gasteiger partial charge in [0.2, 0.25) is 0 Å². The van der Waals surface area contributed by atoms with Crippen molar-refractivity contribution in [3.8, 4) is 16.9 Å². The summed E-state index contributed by atoms with van der Waals surface area (Å²) < 4.78 is 5.20. The van der Waals surface area contributed by atoms with E-state index in [1.54, 1.807) is 7.11 Å². The minimum absolute atomic E-state index is 0.313. The summed E-state index contributed by atoms with van der Waals surface area (Å²) in [7, 11) is 1.63. The smallest absolute Gasteiger partial charge is 0.320 e. The van der Waals surface area contributed by atoms with Gasteiger partial charge in [-0.1, -0.05) is 36.4 Å². The fraction of sp³-hybridized carbons (Fsp3) is 0.188. The predicted octanol–water partition coefficient (Wildman–Crippen LogP) is 2.32. The lowest BCUT2D eigenvalue weighted by Crippen LogP contribution is -2.32. The molecule has 20 heavy (non-hydrogen) atoms. The highest BCUT2D eigenvalue weighted by atomic mass is 16.5. The molecule has 0 saturated carbocycles. The number of hydrogen-bond acceptors (Lipinski definition) is 3. The van der Waals surface area contributed by atoms with E-state index in [9.17, 15) is 4.79 Å². The van der Waals surface area contributed by atoms with Crippen molar-refractivity contribution in [2.45, 2.75) is 12.5 Å². The van der Waals surface area contributed by atoms with Crippen molar-refractivity contribution >= 4 is 5.97 Å². The summed E-state index contributed by atoms with van der Waals surface area (Å²) in [5.74, 6) is -0.202. The lowest BCUT2D eigenvalue weighted by molar-refractivity contribution is -0.138. The highest BCUT2D eigenvalue weighted by Crippen LogP contribution is 2.24. The molecule has 2 aromatic carbocycles. The maximum absolute atomic E-state index is 10.8. The molecule has 104 valence electrons. The van der Waals surface area contributed by atoms with Gasteiger partial charge in [0.25, 0.3) is 0 Å². The van der Waals surface area contributed by atoms with Crippen LogP contribution in [0.15, 0.2) is 48.5 Å². The Morgan fingerprint density at radius 3 is 2.50 bits per heavy atom. The van der Waals surface area contributed by atoms with E-state index in [0.717, 1.165) is 22.4 Å². The monoisotopic (exact) mass is 271 g/mol. The largest absolute Gasteiger partial charge is 0.497 e. The molecule has 4 nitrogen and oxygen atoms in total. The first-order valence-corrected chi connectivity index (χ1v) is 6.32. The average Bonchev–Trinajstić information content (AvgIpc) is 2.47. The van der Waals surface area contributed by atoms with Crippen LogP contribution in [0.3, 0.4) is 0 Å². The van der Waals surface area contributed by atoms with Crippen LogP contribution in [-0.2, 0) is 11.2 Å². The second-order valence-corrected chi connectivity index (χ2v) is 4.58. The fourth-order valence-electron chi connectivity index (χ4n) is 2.02. The zero-order valence-corrected chi connectivity index (χ0v) is 11.2. The van der Waals surface area contributed by atoms with Crippen molar-refractivity contribution in [3.63, 3.8) is 0 Å². The van der Waals surface area contributed by atoms with Crippen molar-refractivity contribution < 1.29 is 14.6 Å². The normalized spacial score (nSPS) is 11.9. The SMILES string of the molecule is COc1cccc(-c2cccc(CC(N)C(=O)O)c2)c1. The van der Waals surface area contributed by atoms with Crippen molar-refractivity contribution in [2.24, 2.45) is 5.73 Å². The Morgan fingerprint density at radius 2 is 1.85 bits per heavy atom. The summed E-state index contributed by atoms with van der Waals surface area (Å²) in [6.07, 6.45) is 0.313. The van der Waals surface area contributed by atoms with Crippen molar-refractivity contribution in [3.05, 3.63) is 54.1 Å². The number of rotatable bonds is 5. The van der Waals surface area contributed by atoms with Crippen LogP contribution in [-0.4, -0.2) is 24.2 Å². The molecule has 2 rings (SSSR count). The van der Waals surface area contributed by atoms with Gasteiger partial charge in [-0.15, -0.1) is 0 Å². The van der Waals surface area contributed by atoms with Gasteiger partial charge in [0.1, 0.15) is 11.8 Å². The summed E-state index contributed by atoms with van der Waals surface area (Å²) in [6.45, 7) is 0. The van der Waals surface area contributed by atoms with Crippen LogP contribution in [0.2, 0.25) is 0 Å². The summed E-state index contributed by atoms with van der Waals surface area (Å²) in [4.78, 5) is 10.8. The Hall–Kier alpha value is -2.33. The van der Waals surface area contributed by atoms with Crippen LogP contribution < -0.4 is 10.5 Å². The summed E-state index contributed by atoms with van der Waals surface area (Å²) in [5, 5.41) is 8.86. The van der Waals surface area contributed by atoms with Gasteiger partial charge in [-0.05, 0) is 35.2 Å². The summed E-state index contributed by atoms with van der Waals surface area (Å²) >= 11 is 0. The third kappa shape index (κ3) is 3.36. The first-order chi connectivity index (χ1) is 9.60. The first-order valence-electron chi connectivity index (χ1n) is 6.32. The van der Waals surface area contributed by atoms with E-state index in [1.807, 2.05) is 48.5 Å². The van der Waals surface area contributed by atoms with Crippen molar-refractivity contribution in [2.75, 3.05) is 7.11 Å². The fourth-order valence-corrected chi connectivity index (χ4v) is 2.02. The standard InChI is InChI=1S/C16H17NO3/c1-20-14-7-3-6-13(10-14)12-5-2-4-11(8-12)9-15(17)16(18)19/h2-8,10,15H,9,17H2,1H3,(H,18,19). The van der Waals surface area contributed by atoms with Crippen LogP contribution in [0, 0.1) is 0 Å². The number of aliphatic carboxylic acids is 1. The molecule has 0 aliphatic carbocycles. The molecule has 1 unspecified atom stereocenters. The van der Waals surface area contributed by atoms with Crippen LogP contribution in [0.4, 0.5) is 0 Å². The van der Waals surface area contributed by atoms with Gasteiger partial charge in [-0.2, -0.15) is 0 Å². The number of methoxy groups -OCH3 is 1. The van der Waals surface area contributed by atoms with E-state index in [4.69, 9.17) is 15.6 Å². The molecular weight excluding hydrogens is 254 g/mol. The Kier molecular flexibility index (Phi) is 4.38. The van der Waals surface area contributed by atoms with E-state index in [2.05, 4.69) is 0 Å². The minimum atomic E-state index is -0.989. The van der Waals surface area contributed by atoms with Gasteiger partial charge >= 0.3 is 5.97 Å². The highest BCUT2D eigenvalue weighted by Gasteiger charge is 2.12. The topological polar surface area (TPSA) is 72.5 Å². The second-order valence-electron chi connectivity index (χ2n) is 4.58. The molecule has 0 aliphatic heterocycles. The van der Waals surface area contributed by atoms with Gasteiger partial charge < -0.3 is 15.6 Å². The zero-order chi connectivity index (χ0) is 14.5. The maximum Gasteiger partial charge on any atom is 0.320 e. The van der Waals surface area contributed by atoms with Gasteiger partial charge in [-0.3, -0.25) is 4.79 Å². The predicted molar refractivity (Wildman–Crippen MR) is 77.7 cm³/mol. The number of ether oxygens (including phenoxy) is 1. The molecule has 0 saturated heterocycles. The Bertz CT molecular complexity index is 610. The molecule has 4 heteroatoms. The van der Waals surface area contributed by atoms with Crippen molar-refractivity contribution in [1.82, 2.24) is 0 Å². The molecule has 0 aliphatic rings. The quantitative estimate of drug-likeness (QED) is 0.875. The molecule has 0 spiro atoms. The van der Waals surface area contributed by atoms with E-state index in [1.165, 1.54) is 0 Å². The first kappa shape index (κ1) is 14.1. The molecule has 0 radical (unpaired) electrons. The van der Waals surface area contributed by atoms with E-state index >= 15 is 0 Å². The van der Waals surface area contributed by atoms with E-state index < -0.39 is 12.0 Å². The average molecular weight is 271 g/mol. The van der Waals surface area contributed by atoms with Gasteiger partial charge in [-0.25, -0.2) is 0 Å². The zero-order valence-electron chi connectivity index (χ0n) is 11.2. The van der Waals surface area contributed by atoms with Crippen LogP contribution in [0.25, 0.3) is 11.1 Å². The summed E-state index contributed by atoms with van der Waals surface area (Å²) in [6, 6.07) is 14.6. The number of benzene rings is 2. The highest BCUT2D eigenvalue weighted by molar-refractivity contribution is 5.74. The van der Waals surface area contributed by atoms with Gasteiger partial charge in [0, 0.05) is 0 Å².